The zero-order chi connectivity index (χ0) is 13.8. The highest BCUT2D eigenvalue weighted by molar-refractivity contribution is 5.40. The van der Waals surface area contributed by atoms with Gasteiger partial charge in [-0.05, 0) is 30.5 Å². The van der Waals surface area contributed by atoms with E-state index < -0.39 is 5.54 Å². The molecule has 0 unspecified atom stereocenters. The summed E-state index contributed by atoms with van der Waals surface area (Å²) in [7, 11) is 0. The average molecular weight is 266 g/mol. The van der Waals surface area contributed by atoms with Crippen molar-refractivity contribution >= 4 is 0 Å². The van der Waals surface area contributed by atoms with Crippen LogP contribution in [0.15, 0.2) is 60.7 Å². The van der Waals surface area contributed by atoms with Gasteiger partial charge in [0.15, 0.2) is 0 Å². The maximum atomic E-state index is 6.95. The van der Waals surface area contributed by atoms with Gasteiger partial charge in [-0.2, -0.15) is 0 Å². The van der Waals surface area contributed by atoms with E-state index in [-0.39, 0.29) is 0 Å². The number of rotatable bonds is 3. The summed E-state index contributed by atoms with van der Waals surface area (Å²) in [6.45, 7) is 1.06. The van der Waals surface area contributed by atoms with Gasteiger partial charge in [-0.3, -0.25) is 0 Å². The van der Waals surface area contributed by atoms with E-state index in [4.69, 9.17) is 5.73 Å². The number of hydrogen-bond acceptors (Lipinski definition) is 2. The molecular weight excluding hydrogens is 244 g/mol. The lowest BCUT2D eigenvalue weighted by Gasteiger charge is -2.41. The van der Waals surface area contributed by atoms with Gasteiger partial charge >= 0.3 is 0 Å². The van der Waals surface area contributed by atoms with Crippen LogP contribution in [0.3, 0.4) is 0 Å². The van der Waals surface area contributed by atoms with Crippen LogP contribution in [-0.2, 0) is 5.54 Å². The van der Waals surface area contributed by atoms with Crippen LogP contribution in [0.2, 0.25) is 0 Å². The van der Waals surface area contributed by atoms with Gasteiger partial charge in [0.2, 0.25) is 0 Å². The first-order chi connectivity index (χ1) is 9.82. The third-order valence-electron chi connectivity index (χ3n) is 4.36. The second kappa shape index (κ2) is 5.78. The molecule has 0 aliphatic carbocycles. The summed E-state index contributed by atoms with van der Waals surface area (Å²) in [4.78, 5) is 0. The third-order valence-corrected chi connectivity index (χ3v) is 4.36. The molecule has 1 atom stereocenters. The van der Waals surface area contributed by atoms with Gasteiger partial charge in [0.25, 0.3) is 0 Å². The highest BCUT2D eigenvalue weighted by Crippen LogP contribution is 2.33. The van der Waals surface area contributed by atoms with Crippen molar-refractivity contribution in [2.75, 3.05) is 6.54 Å². The minimum atomic E-state index is -0.455. The predicted molar refractivity (Wildman–Crippen MR) is 83.5 cm³/mol. The predicted octanol–water partition coefficient (Wildman–Crippen LogP) is 3.03. The molecule has 0 spiro atoms. The topological polar surface area (TPSA) is 38.0 Å². The molecule has 2 heteroatoms. The maximum Gasteiger partial charge on any atom is 0.0821 e. The molecule has 1 aliphatic rings. The van der Waals surface area contributed by atoms with Crippen molar-refractivity contribution in [1.29, 1.82) is 0 Å². The molecule has 1 heterocycles. The van der Waals surface area contributed by atoms with Gasteiger partial charge in [-0.1, -0.05) is 67.1 Å². The molecule has 2 nitrogen and oxygen atoms in total. The van der Waals surface area contributed by atoms with Crippen molar-refractivity contribution in [3.63, 3.8) is 0 Å². The van der Waals surface area contributed by atoms with Gasteiger partial charge in [-0.25, -0.2) is 0 Å². The van der Waals surface area contributed by atoms with Crippen molar-refractivity contribution in [1.82, 2.24) is 5.32 Å². The Labute approximate surface area is 121 Å². The van der Waals surface area contributed by atoms with E-state index in [2.05, 4.69) is 53.8 Å². The normalized spacial score (nSPS) is 19.8. The standard InChI is InChI=1S/C18H22N2/c19-18(15-9-3-1-4-10-15,16-11-5-2-6-12-16)17-13-7-8-14-20-17/h1-6,9-12,17,20H,7-8,13-14,19H2/t17-/m0/s1. The second-order valence-electron chi connectivity index (χ2n) is 5.60. The molecule has 3 rings (SSSR count). The summed E-state index contributed by atoms with van der Waals surface area (Å²) < 4.78 is 0. The number of benzene rings is 2. The van der Waals surface area contributed by atoms with Gasteiger partial charge < -0.3 is 11.1 Å². The molecular formula is C18H22N2. The lowest BCUT2D eigenvalue weighted by molar-refractivity contribution is 0.290. The number of nitrogens with one attached hydrogen (secondary N) is 1. The molecule has 0 bridgehead atoms. The van der Waals surface area contributed by atoms with E-state index in [0.717, 1.165) is 13.0 Å². The first-order valence-electron chi connectivity index (χ1n) is 7.45. The molecule has 2 aromatic carbocycles. The van der Waals surface area contributed by atoms with E-state index in [0.29, 0.717) is 6.04 Å². The molecule has 2 aromatic rings. The fourth-order valence-electron chi connectivity index (χ4n) is 3.24. The molecule has 0 saturated carbocycles. The fourth-order valence-corrected chi connectivity index (χ4v) is 3.24. The second-order valence-corrected chi connectivity index (χ2v) is 5.60. The minimum Gasteiger partial charge on any atom is -0.316 e. The minimum absolute atomic E-state index is 0.293. The number of hydrogen-bond donors (Lipinski definition) is 2. The van der Waals surface area contributed by atoms with E-state index in [1.165, 1.54) is 24.0 Å². The summed E-state index contributed by atoms with van der Waals surface area (Å²) >= 11 is 0. The van der Waals surface area contributed by atoms with Crippen LogP contribution in [0.5, 0.6) is 0 Å². The molecule has 0 radical (unpaired) electrons. The molecule has 0 aromatic heterocycles. The lowest BCUT2D eigenvalue weighted by atomic mass is 9.75. The van der Waals surface area contributed by atoms with Gasteiger partial charge in [0.05, 0.1) is 5.54 Å². The highest BCUT2D eigenvalue weighted by atomic mass is 15.0. The SMILES string of the molecule is NC(c1ccccc1)(c1ccccc1)[C@@H]1CCCCN1. The quantitative estimate of drug-likeness (QED) is 0.896. The molecule has 20 heavy (non-hydrogen) atoms. The first kappa shape index (κ1) is 13.3. The maximum absolute atomic E-state index is 6.95. The zero-order valence-corrected chi connectivity index (χ0v) is 11.8. The Morgan fingerprint density at radius 2 is 1.40 bits per heavy atom. The van der Waals surface area contributed by atoms with Crippen LogP contribution in [0.4, 0.5) is 0 Å². The van der Waals surface area contributed by atoms with Crippen molar-refractivity contribution in [3.05, 3.63) is 71.8 Å². The number of piperidine rings is 1. The Morgan fingerprint density at radius 1 is 0.850 bits per heavy atom. The Kier molecular flexibility index (Phi) is 3.86. The lowest BCUT2D eigenvalue weighted by Crippen LogP contribution is -2.56. The molecule has 3 N–H and O–H groups in total. The van der Waals surface area contributed by atoms with Gasteiger partial charge in [-0.15, -0.1) is 0 Å². The van der Waals surface area contributed by atoms with Crippen LogP contribution in [0.25, 0.3) is 0 Å². The van der Waals surface area contributed by atoms with E-state index >= 15 is 0 Å². The third kappa shape index (κ3) is 2.37. The average Bonchev–Trinajstić information content (AvgIpc) is 2.56. The fraction of sp³-hybridized carbons (Fsp3) is 0.333. The molecule has 1 fully saturated rings. The van der Waals surface area contributed by atoms with E-state index in [1.807, 2.05) is 12.1 Å². The van der Waals surface area contributed by atoms with Crippen LogP contribution in [-0.4, -0.2) is 12.6 Å². The summed E-state index contributed by atoms with van der Waals surface area (Å²) in [6.07, 6.45) is 3.62. The molecule has 0 amide bonds. The molecule has 1 aliphatic heterocycles. The van der Waals surface area contributed by atoms with Crippen molar-refractivity contribution < 1.29 is 0 Å². The largest absolute Gasteiger partial charge is 0.316 e. The van der Waals surface area contributed by atoms with E-state index in [1.54, 1.807) is 0 Å². The summed E-state index contributed by atoms with van der Waals surface area (Å²) in [5.41, 5.74) is 8.87. The smallest absolute Gasteiger partial charge is 0.0821 e. The summed E-state index contributed by atoms with van der Waals surface area (Å²) in [5.74, 6) is 0. The Bertz CT molecular complexity index is 490. The molecule has 104 valence electrons. The zero-order valence-electron chi connectivity index (χ0n) is 11.8. The van der Waals surface area contributed by atoms with Crippen molar-refractivity contribution in [2.24, 2.45) is 5.73 Å². The molecule has 1 saturated heterocycles. The van der Waals surface area contributed by atoms with Crippen molar-refractivity contribution in [3.8, 4) is 0 Å². The first-order valence-corrected chi connectivity index (χ1v) is 7.45. The summed E-state index contributed by atoms with van der Waals surface area (Å²) in [6, 6.07) is 21.2. The highest BCUT2D eigenvalue weighted by Gasteiger charge is 2.38. The van der Waals surface area contributed by atoms with Crippen LogP contribution in [0.1, 0.15) is 30.4 Å². The van der Waals surface area contributed by atoms with Gasteiger partial charge in [0.1, 0.15) is 0 Å². The Balaban J connectivity index is 2.07. The number of nitrogens with two attached hydrogens (primary N) is 1. The Hall–Kier alpha value is -1.64. The van der Waals surface area contributed by atoms with Crippen LogP contribution < -0.4 is 11.1 Å². The summed E-state index contributed by atoms with van der Waals surface area (Å²) in [5, 5.41) is 3.63. The Morgan fingerprint density at radius 3 is 1.85 bits per heavy atom. The van der Waals surface area contributed by atoms with Crippen LogP contribution >= 0.6 is 0 Å². The van der Waals surface area contributed by atoms with Crippen molar-refractivity contribution in [2.45, 2.75) is 30.8 Å². The monoisotopic (exact) mass is 266 g/mol. The van der Waals surface area contributed by atoms with E-state index in [9.17, 15) is 0 Å². The van der Waals surface area contributed by atoms with Crippen LogP contribution in [0, 0.1) is 0 Å². The van der Waals surface area contributed by atoms with Gasteiger partial charge in [0, 0.05) is 6.04 Å².